The van der Waals surface area contributed by atoms with Crippen LogP contribution >= 0.6 is 22.6 Å². The number of rotatable bonds is 6. The van der Waals surface area contributed by atoms with Crippen molar-refractivity contribution >= 4 is 34.1 Å². The highest BCUT2D eigenvalue weighted by Gasteiger charge is 2.05. The number of esters is 1. The predicted octanol–water partition coefficient (Wildman–Crippen LogP) is 5.24. The number of halogens is 1. The van der Waals surface area contributed by atoms with Crippen molar-refractivity contribution in [3.8, 4) is 5.75 Å². The number of carbonyl (C=O) groups excluding carboxylic acids is 1. The van der Waals surface area contributed by atoms with Crippen LogP contribution in [0.2, 0.25) is 0 Å². The lowest BCUT2D eigenvalue weighted by molar-refractivity contribution is 0.0526. The Labute approximate surface area is 150 Å². The molecule has 0 unspecified atom stereocenters. The first kappa shape index (κ1) is 17.5. The molecule has 2 aromatic rings. The predicted molar refractivity (Wildman–Crippen MR) is 101 cm³/mol. The van der Waals surface area contributed by atoms with Crippen LogP contribution in [-0.4, -0.2) is 12.6 Å². The van der Waals surface area contributed by atoms with Crippen molar-refractivity contribution in [1.29, 1.82) is 0 Å². The Hall–Kier alpha value is -1.82. The molecule has 0 heterocycles. The molecule has 0 aromatic heterocycles. The number of allylic oxidation sites excluding steroid dienone is 1. The van der Waals surface area contributed by atoms with Crippen LogP contribution in [0.25, 0.3) is 5.57 Å². The maximum absolute atomic E-state index is 11.6. The molecule has 3 nitrogen and oxygen atoms in total. The van der Waals surface area contributed by atoms with E-state index in [1.165, 1.54) is 11.1 Å². The van der Waals surface area contributed by atoms with Gasteiger partial charge in [-0.2, -0.15) is 0 Å². The van der Waals surface area contributed by atoms with Gasteiger partial charge in [0.25, 0.3) is 0 Å². The summed E-state index contributed by atoms with van der Waals surface area (Å²) in [5, 5.41) is 0. The molecule has 0 N–H and O–H groups in total. The highest BCUT2D eigenvalue weighted by atomic mass is 127. The second kappa shape index (κ2) is 8.72. The Morgan fingerprint density at radius 1 is 1.04 bits per heavy atom. The highest BCUT2D eigenvalue weighted by Crippen LogP contribution is 2.20. The third-order valence-corrected chi connectivity index (χ3v) is 4.28. The molecule has 0 aliphatic carbocycles. The van der Waals surface area contributed by atoms with E-state index in [0.29, 0.717) is 18.8 Å². The number of hydrogen-bond donors (Lipinski definition) is 0. The van der Waals surface area contributed by atoms with E-state index >= 15 is 0 Å². The summed E-state index contributed by atoms with van der Waals surface area (Å²) in [7, 11) is 0. The zero-order valence-electron chi connectivity index (χ0n) is 13.2. The molecule has 0 amide bonds. The molecule has 0 radical (unpaired) electrons. The van der Waals surface area contributed by atoms with E-state index in [9.17, 15) is 4.79 Å². The van der Waals surface area contributed by atoms with Gasteiger partial charge in [0, 0.05) is 0 Å². The van der Waals surface area contributed by atoms with Crippen LogP contribution in [0.5, 0.6) is 5.75 Å². The van der Waals surface area contributed by atoms with Crippen molar-refractivity contribution in [2.24, 2.45) is 0 Å². The molecule has 0 fully saturated rings. The topological polar surface area (TPSA) is 35.5 Å². The zero-order valence-corrected chi connectivity index (χ0v) is 15.4. The largest absolute Gasteiger partial charge is 0.489 e. The molecule has 2 rings (SSSR count). The Balaban J connectivity index is 1.94. The van der Waals surface area contributed by atoms with Gasteiger partial charge in [-0.25, -0.2) is 4.79 Å². The SMILES string of the molecule is CCOC(=O)c1ccc(COc2ccc(/C(C)=C/I)cc2)cc1. The van der Waals surface area contributed by atoms with E-state index in [0.717, 1.165) is 11.3 Å². The van der Waals surface area contributed by atoms with Crippen molar-refractivity contribution in [3.05, 3.63) is 69.3 Å². The number of hydrogen-bond acceptors (Lipinski definition) is 3. The first-order valence-electron chi connectivity index (χ1n) is 7.40. The minimum Gasteiger partial charge on any atom is -0.489 e. The van der Waals surface area contributed by atoms with Crippen LogP contribution in [0.3, 0.4) is 0 Å². The van der Waals surface area contributed by atoms with Crippen LogP contribution in [0.1, 0.15) is 35.3 Å². The molecule has 120 valence electrons. The quantitative estimate of drug-likeness (QED) is 0.472. The van der Waals surface area contributed by atoms with Crippen molar-refractivity contribution in [2.75, 3.05) is 6.61 Å². The Morgan fingerprint density at radius 2 is 1.65 bits per heavy atom. The third kappa shape index (κ3) is 5.10. The molecule has 2 aromatic carbocycles. The highest BCUT2D eigenvalue weighted by molar-refractivity contribution is 14.1. The molecule has 0 atom stereocenters. The molecule has 0 spiro atoms. The van der Waals surface area contributed by atoms with E-state index in [2.05, 4.69) is 33.6 Å². The molecule has 4 heteroatoms. The van der Waals surface area contributed by atoms with Gasteiger partial charge in [-0.05, 0) is 58.9 Å². The minimum atomic E-state index is -0.297. The summed E-state index contributed by atoms with van der Waals surface area (Å²) in [4.78, 5) is 11.6. The van der Waals surface area contributed by atoms with Crippen LogP contribution in [0.15, 0.2) is 52.6 Å². The fraction of sp³-hybridized carbons (Fsp3) is 0.211. The second-order valence-corrected chi connectivity index (χ2v) is 5.65. The van der Waals surface area contributed by atoms with Gasteiger partial charge in [0.2, 0.25) is 0 Å². The maximum atomic E-state index is 11.6. The van der Waals surface area contributed by atoms with Crippen LogP contribution in [0, 0.1) is 0 Å². The van der Waals surface area contributed by atoms with Crippen molar-refractivity contribution < 1.29 is 14.3 Å². The van der Waals surface area contributed by atoms with E-state index in [1.54, 1.807) is 19.1 Å². The van der Waals surface area contributed by atoms with Crippen molar-refractivity contribution in [2.45, 2.75) is 20.5 Å². The van der Waals surface area contributed by atoms with Gasteiger partial charge in [0.1, 0.15) is 12.4 Å². The van der Waals surface area contributed by atoms with Gasteiger partial charge in [0.05, 0.1) is 12.2 Å². The van der Waals surface area contributed by atoms with E-state index in [4.69, 9.17) is 9.47 Å². The smallest absolute Gasteiger partial charge is 0.338 e. The number of benzene rings is 2. The fourth-order valence-corrected chi connectivity index (χ4v) is 2.35. The average molecular weight is 422 g/mol. The summed E-state index contributed by atoms with van der Waals surface area (Å²) in [6.07, 6.45) is 0. The van der Waals surface area contributed by atoms with E-state index in [1.807, 2.05) is 36.4 Å². The lowest BCUT2D eigenvalue weighted by Gasteiger charge is -2.08. The normalized spacial score (nSPS) is 11.2. The Bertz CT molecular complexity index is 673. The van der Waals surface area contributed by atoms with Gasteiger partial charge in [0.15, 0.2) is 0 Å². The summed E-state index contributed by atoms with van der Waals surface area (Å²) >= 11 is 2.24. The monoisotopic (exact) mass is 422 g/mol. The number of ether oxygens (including phenoxy) is 2. The van der Waals surface area contributed by atoms with Crippen LogP contribution in [-0.2, 0) is 11.3 Å². The van der Waals surface area contributed by atoms with E-state index in [-0.39, 0.29) is 5.97 Å². The first-order valence-corrected chi connectivity index (χ1v) is 8.65. The molecule has 23 heavy (non-hydrogen) atoms. The second-order valence-electron chi connectivity index (χ2n) is 5.02. The van der Waals surface area contributed by atoms with Gasteiger partial charge in [-0.3, -0.25) is 0 Å². The Morgan fingerprint density at radius 3 is 2.22 bits per heavy atom. The fourth-order valence-electron chi connectivity index (χ4n) is 2.00. The van der Waals surface area contributed by atoms with Crippen molar-refractivity contribution in [1.82, 2.24) is 0 Å². The Kier molecular flexibility index (Phi) is 6.65. The maximum Gasteiger partial charge on any atom is 0.338 e. The standard InChI is InChI=1S/C19H19IO3/c1-3-22-19(21)17-6-4-15(5-7-17)13-23-18-10-8-16(9-11-18)14(2)12-20/h4-12H,3,13H2,1-2H3/b14-12+. The molecular weight excluding hydrogens is 403 g/mol. The summed E-state index contributed by atoms with van der Waals surface area (Å²) in [5.74, 6) is 0.527. The molecular formula is C19H19IO3. The molecule has 0 saturated heterocycles. The molecule has 0 bridgehead atoms. The lowest BCUT2D eigenvalue weighted by atomic mass is 10.1. The van der Waals surface area contributed by atoms with E-state index < -0.39 is 0 Å². The number of carbonyl (C=O) groups is 1. The summed E-state index contributed by atoms with van der Waals surface area (Å²) in [5.41, 5.74) is 3.98. The van der Waals surface area contributed by atoms with Gasteiger partial charge >= 0.3 is 5.97 Å². The van der Waals surface area contributed by atoms with Crippen molar-refractivity contribution in [3.63, 3.8) is 0 Å². The first-order chi connectivity index (χ1) is 11.1. The molecule has 0 saturated carbocycles. The van der Waals surface area contributed by atoms with Gasteiger partial charge in [-0.15, -0.1) is 0 Å². The van der Waals surface area contributed by atoms with Gasteiger partial charge < -0.3 is 9.47 Å². The van der Waals surface area contributed by atoms with Crippen LogP contribution in [0.4, 0.5) is 0 Å². The van der Waals surface area contributed by atoms with Gasteiger partial charge in [-0.1, -0.05) is 46.9 Å². The lowest BCUT2D eigenvalue weighted by Crippen LogP contribution is -2.04. The van der Waals surface area contributed by atoms with Crippen LogP contribution < -0.4 is 4.74 Å². The third-order valence-electron chi connectivity index (χ3n) is 3.34. The molecule has 0 aliphatic heterocycles. The molecule has 0 aliphatic rings. The zero-order chi connectivity index (χ0) is 16.7. The summed E-state index contributed by atoms with van der Waals surface area (Å²) in [6, 6.07) is 15.3. The summed E-state index contributed by atoms with van der Waals surface area (Å²) < 4.78 is 12.8. The summed E-state index contributed by atoms with van der Waals surface area (Å²) in [6.45, 7) is 4.71. The average Bonchev–Trinajstić information content (AvgIpc) is 2.60. The minimum absolute atomic E-state index is 0.297.